The van der Waals surface area contributed by atoms with Crippen LogP contribution in [0.5, 0.6) is 0 Å². The Morgan fingerprint density at radius 3 is 2.78 bits per heavy atom. The summed E-state index contributed by atoms with van der Waals surface area (Å²) in [5.74, 6) is 2.38. The number of Topliss-reactive ketones (excluding diaryl/α,β-unsaturated/α-hetero) is 1. The van der Waals surface area contributed by atoms with Crippen molar-refractivity contribution in [1.82, 2.24) is 4.98 Å². The fourth-order valence-corrected chi connectivity index (χ4v) is 3.59. The highest BCUT2D eigenvalue weighted by molar-refractivity contribution is 6.09. The molecule has 2 aromatic rings. The van der Waals surface area contributed by atoms with E-state index >= 15 is 0 Å². The number of fused-ring (bicyclic) bond motifs is 2. The van der Waals surface area contributed by atoms with Gasteiger partial charge in [-0.2, -0.15) is 0 Å². The van der Waals surface area contributed by atoms with Crippen molar-refractivity contribution in [2.75, 3.05) is 0 Å². The first-order valence-electron chi connectivity index (χ1n) is 6.84. The molecule has 1 N–H and O–H groups in total. The fraction of sp³-hybridized carbons (Fsp3) is 0.438. The van der Waals surface area contributed by atoms with Crippen LogP contribution < -0.4 is 0 Å². The van der Waals surface area contributed by atoms with E-state index in [1.54, 1.807) is 0 Å². The third-order valence-electron chi connectivity index (χ3n) is 4.72. The Morgan fingerprint density at radius 1 is 1.22 bits per heavy atom. The summed E-state index contributed by atoms with van der Waals surface area (Å²) in [6.45, 7) is 2.08. The predicted octanol–water partition coefficient (Wildman–Crippen LogP) is 3.71. The van der Waals surface area contributed by atoms with Crippen LogP contribution in [0.3, 0.4) is 0 Å². The number of H-pyrrole nitrogens is 1. The maximum absolute atomic E-state index is 12.6. The molecule has 0 spiro atoms. The summed E-state index contributed by atoms with van der Waals surface area (Å²) in [4.78, 5) is 15.8. The van der Waals surface area contributed by atoms with Gasteiger partial charge in [0.25, 0.3) is 0 Å². The zero-order valence-corrected chi connectivity index (χ0v) is 10.6. The monoisotopic (exact) mass is 239 g/mol. The summed E-state index contributed by atoms with van der Waals surface area (Å²) in [7, 11) is 0. The molecule has 4 rings (SSSR count). The summed E-state index contributed by atoms with van der Waals surface area (Å²) < 4.78 is 0. The van der Waals surface area contributed by atoms with Crippen molar-refractivity contribution < 1.29 is 4.79 Å². The largest absolute Gasteiger partial charge is 0.360 e. The normalized spacial score (nSPS) is 29.5. The van der Waals surface area contributed by atoms with Gasteiger partial charge >= 0.3 is 0 Å². The lowest BCUT2D eigenvalue weighted by atomic mass is 9.93. The van der Waals surface area contributed by atoms with Crippen LogP contribution in [0.1, 0.15) is 35.2 Å². The second kappa shape index (κ2) is 3.47. The molecule has 2 saturated carbocycles. The highest BCUT2D eigenvalue weighted by atomic mass is 16.1. The molecule has 0 amide bonds. The molecular weight excluding hydrogens is 222 g/mol. The number of ketones is 1. The molecule has 1 aromatic carbocycles. The van der Waals surface area contributed by atoms with Gasteiger partial charge < -0.3 is 4.98 Å². The van der Waals surface area contributed by atoms with Gasteiger partial charge in [0.2, 0.25) is 0 Å². The standard InChI is InChI=1S/C16H17NO/c1-9-2-3-13-14(8-17-15(13)4-9)16(18)12-6-10-5-11(10)7-12/h2-4,8,10-12,17H,5-7H2,1H3. The molecule has 1 heterocycles. The van der Waals surface area contributed by atoms with E-state index in [4.69, 9.17) is 0 Å². The molecule has 18 heavy (non-hydrogen) atoms. The average molecular weight is 239 g/mol. The van der Waals surface area contributed by atoms with E-state index in [1.807, 2.05) is 6.20 Å². The van der Waals surface area contributed by atoms with Gasteiger partial charge in [0.15, 0.2) is 5.78 Å². The lowest BCUT2D eigenvalue weighted by Crippen LogP contribution is -2.12. The molecule has 1 aromatic heterocycles. The molecule has 0 saturated heterocycles. The second-order valence-corrected chi connectivity index (χ2v) is 6.04. The van der Waals surface area contributed by atoms with Crippen molar-refractivity contribution in [2.45, 2.75) is 26.2 Å². The molecule has 2 unspecified atom stereocenters. The highest BCUT2D eigenvalue weighted by Crippen LogP contribution is 2.55. The van der Waals surface area contributed by atoms with Gasteiger partial charge in [0.05, 0.1) is 0 Å². The maximum atomic E-state index is 12.6. The summed E-state index contributed by atoms with van der Waals surface area (Å²) in [5, 5.41) is 1.09. The molecule has 2 atom stereocenters. The number of carbonyl (C=O) groups is 1. The number of aryl methyl sites for hydroxylation is 1. The third kappa shape index (κ3) is 1.45. The van der Waals surface area contributed by atoms with Crippen molar-refractivity contribution in [3.63, 3.8) is 0 Å². The van der Waals surface area contributed by atoms with E-state index in [1.165, 1.54) is 12.0 Å². The van der Waals surface area contributed by atoms with Crippen LogP contribution in [-0.4, -0.2) is 10.8 Å². The molecule has 2 fully saturated rings. The number of aromatic nitrogens is 1. The van der Waals surface area contributed by atoms with E-state index in [-0.39, 0.29) is 5.92 Å². The van der Waals surface area contributed by atoms with Gasteiger partial charge in [-0.15, -0.1) is 0 Å². The van der Waals surface area contributed by atoms with Gasteiger partial charge in [-0.3, -0.25) is 4.79 Å². The molecule has 2 aliphatic carbocycles. The zero-order valence-electron chi connectivity index (χ0n) is 10.6. The molecule has 2 aliphatic rings. The van der Waals surface area contributed by atoms with E-state index in [0.717, 1.165) is 41.1 Å². The molecule has 2 nitrogen and oxygen atoms in total. The minimum Gasteiger partial charge on any atom is -0.360 e. The van der Waals surface area contributed by atoms with Gasteiger partial charge in [-0.1, -0.05) is 12.1 Å². The van der Waals surface area contributed by atoms with E-state index in [0.29, 0.717) is 5.78 Å². The zero-order chi connectivity index (χ0) is 12.3. The first-order valence-corrected chi connectivity index (χ1v) is 6.84. The topological polar surface area (TPSA) is 32.9 Å². The number of hydrogen-bond acceptors (Lipinski definition) is 1. The third-order valence-corrected chi connectivity index (χ3v) is 4.72. The van der Waals surface area contributed by atoms with Crippen molar-refractivity contribution in [3.8, 4) is 0 Å². The highest BCUT2D eigenvalue weighted by Gasteiger charge is 2.48. The Hall–Kier alpha value is -1.57. The number of aromatic amines is 1. The number of carbonyl (C=O) groups excluding carboxylic acids is 1. The summed E-state index contributed by atoms with van der Waals surface area (Å²) in [6.07, 6.45) is 5.53. The van der Waals surface area contributed by atoms with Crippen LogP contribution in [0.15, 0.2) is 24.4 Å². The number of rotatable bonds is 2. The van der Waals surface area contributed by atoms with Crippen LogP contribution in [-0.2, 0) is 0 Å². The van der Waals surface area contributed by atoms with Crippen LogP contribution in [0, 0.1) is 24.7 Å². The smallest absolute Gasteiger partial charge is 0.168 e. The first-order chi connectivity index (χ1) is 8.72. The fourth-order valence-electron chi connectivity index (χ4n) is 3.59. The van der Waals surface area contributed by atoms with Crippen molar-refractivity contribution >= 4 is 16.7 Å². The predicted molar refractivity (Wildman–Crippen MR) is 71.7 cm³/mol. The first kappa shape index (κ1) is 10.4. The van der Waals surface area contributed by atoms with Crippen LogP contribution >= 0.6 is 0 Å². The summed E-state index contributed by atoms with van der Waals surface area (Å²) >= 11 is 0. The molecule has 92 valence electrons. The Labute approximate surface area is 106 Å². The summed E-state index contributed by atoms with van der Waals surface area (Å²) in [6, 6.07) is 6.27. The quantitative estimate of drug-likeness (QED) is 0.796. The number of nitrogens with one attached hydrogen (secondary N) is 1. The van der Waals surface area contributed by atoms with Crippen LogP contribution in [0.2, 0.25) is 0 Å². The van der Waals surface area contributed by atoms with Crippen molar-refractivity contribution in [3.05, 3.63) is 35.5 Å². The van der Waals surface area contributed by atoms with Crippen molar-refractivity contribution in [2.24, 2.45) is 17.8 Å². The molecule has 0 radical (unpaired) electrons. The Morgan fingerprint density at radius 2 is 2.00 bits per heavy atom. The molecule has 0 bridgehead atoms. The summed E-state index contributed by atoms with van der Waals surface area (Å²) in [5.41, 5.74) is 3.21. The lowest BCUT2D eigenvalue weighted by Gasteiger charge is -2.09. The SMILES string of the molecule is Cc1ccc2c(C(=O)C3CC4CC4C3)c[nH]c2c1. The second-order valence-electron chi connectivity index (χ2n) is 6.04. The van der Waals surface area contributed by atoms with Gasteiger partial charge in [-0.05, 0) is 49.7 Å². The van der Waals surface area contributed by atoms with Crippen molar-refractivity contribution in [1.29, 1.82) is 0 Å². The molecule has 2 heteroatoms. The van der Waals surface area contributed by atoms with E-state index in [9.17, 15) is 4.79 Å². The Kier molecular flexibility index (Phi) is 2.00. The number of hydrogen-bond donors (Lipinski definition) is 1. The average Bonchev–Trinajstić information content (AvgIpc) is 2.81. The van der Waals surface area contributed by atoms with Gasteiger partial charge in [0.1, 0.15) is 0 Å². The molecule has 0 aliphatic heterocycles. The lowest BCUT2D eigenvalue weighted by molar-refractivity contribution is 0.0916. The minimum absolute atomic E-state index is 0.286. The maximum Gasteiger partial charge on any atom is 0.168 e. The Balaban J connectivity index is 1.71. The number of benzene rings is 1. The Bertz CT molecular complexity index is 630. The van der Waals surface area contributed by atoms with E-state index < -0.39 is 0 Å². The minimum atomic E-state index is 0.286. The van der Waals surface area contributed by atoms with Crippen LogP contribution in [0.25, 0.3) is 10.9 Å². The van der Waals surface area contributed by atoms with E-state index in [2.05, 4.69) is 30.1 Å². The molecular formula is C16H17NO. The van der Waals surface area contributed by atoms with Gasteiger partial charge in [-0.25, -0.2) is 0 Å². The van der Waals surface area contributed by atoms with Crippen LogP contribution in [0.4, 0.5) is 0 Å². The van der Waals surface area contributed by atoms with Gasteiger partial charge in [0, 0.05) is 28.6 Å².